The SMILES string of the molecule is CCOC(=O)/C=C(\C)C1=CC[C@H]2[C@H](C)CCC[C@]12C.CCOC(=O)C=C(C)C.C[C@@H]1CCC[C@]2(C)C(OS(=O)(=O)C(F)(F)F)=CC[C@@H]12. The van der Waals surface area contributed by atoms with Crippen LogP contribution in [0.3, 0.4) is 0 Å². The van der Waals surface area contributed by atoms with E-state index in [-0.39, 0.29) is 29.0 Å². The lowest BCUT2D eigenvalue weighted by Gasteiger charge is -2.43. The van der Waals surface area contributed by atoms with Gasteiger partial charge in [0.2, 0.25) is 0 Å². The summed E-state index contributed by atoms with van der Waals surface area (Å²) in [5.74, 6) is 1.59. The second kappa shape index (κ2) is 16.7. The van der Waals surface area contributed by atoms with Crippen molar-refractivity contribution in [3.8, 4) is 0 Å². The lowest BCUT2D eigenvalue weighted by molar-refractivity contribution is -0.138. The zero-order chi connectivity index (χ0) is 35.8. The molecule has 4 rings (SSSR count). The van der Waals surface area contributed by atoms with Crippen molar-refractivity contribution in [3.05, 3.63) is 46.8 Å². The Bertz CT molecular complexity index is 1340. The van der Waals surface area contributed by atoms with E-state index in [2.05, 4.69) is 42.7 Å². The molecule has 4 aliphatic carbocycles. The molecule has 4 aliphatic rings. The van der Waals surface area contributed by atoms with Crippen molar-refractivity contribution >= 4 is 22.1 Å². The van der Waals surface area contributed by atoms with Crippen molar-refractivity contribution in [2.45, 2.75) is 119 Å². The van der Waals surface area contributed by atoms with Crippen LogP contribution in [0.15, 0.2) is 46.8 Å². The smallest absolute Gasteiger partial charge is 0.463 e. The molecule has 0 aliphatic heterocycles. The second-order valence-electron chi connectivity index (χ2n) is 14.0. The summed E-state index contributed by atoms with van der Waals surface area (Å²) in [5.41, 5.74) is -2.24. The van der Waals surface area contributed by atoms with Crippen LogP contribution in [0, 0.1) is 34.5 Å². The molecule has 0 heterocycles. The molecule has 2 fully saturated rings. The average Bonchev–Trinajstić information content (AvgIpc) is 3.46. The van der Waals surface area contributed by atoms with Gasteiger partial charge in [-0.05, 0) is 107 Å². The van der Waals surface area contributed by atoms with Crippen LogP contribution in [0.5, 0.6) is 0 Å². The first kappa shape index (κ1) is 40.6. The third-order valence-electron chi connectivity index (χ3n) is 10.3. The molecule has 268 valence electrons. The van der Waals surface area contributed by atoms with Crippen molar-refractivity contribution in [1.29, 1.82) is 0 Å². The normalized spacial score (nSPS) is 30.1. The van der Waals surface area contributed by atoms with Crippen molar-refractivity contribution in [2.24, 2.45) is 34.5 Å². The molecule has 0 radical (unpaired) electrons. The highest BCUT2D eigenvalue weighted by molar-refractivity contribution is 7.87. The summed E-state index contributed by atoms with van der Waals surface area (Å²) in [6.07, 6.45) is 15.2. The van der Waals surface area contributed by atoms with Crippen molar-refractivity contribution in [1.82, 2.24) is 0 Å². The quantitative estimate of drug-likeness (QED) is 0.114. The molecule has 47 heavy (non-hydrogen) atoms. The molecule has 0 aromatic rings. The van der Waals surface area contributed by atoms with E-state index in [9.17, 15) is 31.2 Å². The number of fused-ring (bicyclic) bond motifs is 2. The fourth-order valence-electron chi connectivity index (χ4n) is 7.95. The predicted molar refractivity (Wildman–Crippen MR) is 177 cm³/mol. The number of allylic oxidation sites excluding steroid dienone is 6. The Labute approximate surface area is 280 Å². The van der Waals surface area contributed by atoms with Crippen molar-refractivity contribution in [2.75, 3.05) is 13.2 Å². The molecule has 2 saturated carbocycles. The van der Waals surface area contributed by atoms with Gasteiger partial charge in [-0.1, -0.05) is 65.0 Å². The zero-order valence-corrected chi connectivity index (χ0v) is 30.4. The summed E-state index contributed by atoms with van der Waals surface area (Å²) >= 11 is 0. The van der Waals surface area contributed by atoms with E-state index in [1.807, 2.05) is 20.8 Å². The molecule has 0 N–H and O–H groups in total. The number of hydrogen-bond donors (Lipinski definition) is 0. The first-order valence-electron chi connectivity index (χ1n) is 16.8. The first-order chi connectivity index (χ1) is 21.7. The second-order valence-corrected chi connectivity index (χ2v) is 15.5. The number of carbonyl (C=O) groups is 2. The van der Waals surface area contributed by atoms with Gasteiger partial charge < -0.3 is 13.7 Å². The van der Waals surface area contributed by atoms with Crippen LogP contribution in [0.1, 0.15) is 114 Å². The highest BCUT2D eigenvalue weighted by Gasteiger charge is 2.54. The number of ether oxygens (including phenoxy) is 2. The van der Waals surface area contributed by atoms with Crippen LogP contribution in [-0.4, -0.2) is 39.1 Å². The number of rotatable bonds is 7. The lowest BCUT2D eigenvalue weighted by atomic mass is 9.61. The van der Waals surface area contributed by atoms with E-state index in [4.69, 9.17) is 4.74 Å². The molecule has 0 bridgehead atoms. The van der Waals surface area contributed by atoms with Crippen LogP contribution in [0.25, 0.3) is 0 Å². The minimum atomic E-state index is -5.56. The molecular formula is C36H55F3O7S. The first-order valence-corrected chi connectivity index (χ1v) is 18.2. The molecule has 7 nitrogen and oxygen atoms in total. The molecule has 0 aromatic carbocycles. The highest BCUT2D eigenvalue weighted by atomic mass is 32.2. The van der Waals surface area contributed by atoms with Gasteiger partial charge in [-0.3, -0.25) is 0 Å². The van der Waals surface area contributed by atoms with E-state index < -0.39 is 21.0 Å². The van der Waals surface area contributed by atoms with E-state index in [1.165, 1.54) is 43.4 Å². The van der Waals surface area contributed by atoms with E-state index >= 15 is 0 Å². The fraction of sp³-hybridized carbons (Fsp3) is 0.722. The highest BCUT2D eigenvalue weighted by Crippen LogP contribution is 2.57. The summed E-state index contributed by atoms with van der Waals surface area (Å²) in [6, 6.07) is 0. The standard InChI is InChI=1S/C17H26O2.C12H17F3O3S.C7H12O2/c1-5-19-16(18)11-13(3)15-9-8-14-12(2)7-6-10-17(14,15)4;1-8-4-3-7-11(2)9(8)5-6-10(11)18-19(16,17)12(13,14)15;1-4-9-7(8)5-6(2)3/h9,11-12,14H,5-8,10H2,1-4H3;6,8-9H,3-5,7H2,1-2H3;5H,4H2,1-3H3/b13-11+;;/t12-,14+,17+;8-,9+,11+;/m11./s1. The summed E-state index contributed by atoms with van der Waals surface area (Å²) in [4.78, 5) is 22.2. The Hall–Kier alpha value is -2.56. The lowest BCUT2D eigenvalue weighted by Crippen LogP contribution is -2.36. The van der Waals surface area contributed by atoms with Crippen molar-refractivity contribution in [3.63, 3.8) is 0 Å². The maximum atomic E-state index is 12.4. The molecule has 0 saturated heterocycles. The van der Waals surface area contributed by atoms with E-state index in [0.717, 1.165) is 35.8 Å². The molecule has 0 aromatic heterocycles. The van der Waals surface area contributed by atoms with Crippen LogP contribution in [0.4, 0.5) is 13.2 Å². The van der Waals surface area contributed by atoms with Gasteiger partial charge in [0.25, 0.3) is 0 Å². The van der Waals surface area contributed by atoms with E-state index in [1.54, 1.807) is 19.9 Å². The number of esters is 2. The summed E-state index contributed by atoms with van der Waals surface area (Å²) < 4.78 is 73.4. The molecule has 6 atom stereocenters. The number of alkyl halides is 3. The average molecular weight is 689 g/mol. The maximum absolute atomic E-state index is 12.4. The Morgan fingerprint density at radius 2 is 1.32 bits per heavy atom. The largest absolute Gasteiger partial charge is 0.534 e. The minimum Gasteiger partial charge on any atom is -0.463 e. The molecule has 0 amide bonds. The van der Waals surface area contributed by atoms with Gasteiger partial charge in [0.1, 0.15) is 5.76 Å². The monoisotopic (exact) mass is 688 g/mol. The summed E-state index contributed by atoms with van der Waals surface area (Å²) in [6.45, 7) is 18.9. The van der Waals surface area contributed by atoms with Crippen molar-refractivity contribution < 1.29 is 44.8 Å². The van der Waals surface area contributed by atoms with Crippen LogP contribution < -0.4 is 0 Å². The Morgan fingerprint density at radius 1 is 0.851 bits per heavy atom. The third-order valence-corrected chi connectivity index (χ3v) is 11.2. The number of halogens is 3. The van der Waals surface area contributed by atoms with Gasteiger partial charge in [0.15, 0.2) is 0 Å². The van der Waals surface area contributed by atoms with Gasteiger partial charge >= 0.3 is 27.6 Å². The minimum absolute atomic E-state index is 0.0265. The zero-order valence-electron chi connectivity index (χ0n) is 29.6. The number of carbonyl (C=O) groups excluding carboxylic acids is 2. The Kier molecular flexibility index (Phi) is 14.4. The Morgan fingerprint density at radius 3 is 1.81 bits per heavy atom. The Balaban J connectivity index is 0.000000262. The van der Waals surface area contributed by atoms with E-state index in [0.29, 0.717) is 32.0 Å². The predicted octanol–water partition coefficient (Wildman–Crippen LogP) is 9.37. The summed E-state index contributed by atoms with van der Waals surface area (Å²) in [7, 11) is -5.56. The van der Waals surface area contributed by atoms with Crippen LogP contribution in [0.2, 0.25) is 0 Å². The van der Waals surface area contributed by atoms with Crippen LogP contribution in [-0.2, 0) is 33.4 Å². The van der Waals surface area contributed by atoms with Gasteiger partial charge in [-0.25, -0.2) is 9.59 Å². The van der Waals surface area contributed by atoms with Gasteiger partial charge in [-0.2, -0.15) is 21.6 Å². The molecule has 0 spiro atoms. The van der Waals surface area contributed by atoms with Crippen LogP contribution >= 0.6 is 0 Å². The summed E-state index contributed by atoms with van der Waals surface area (Å²) in [5, 5.41) is 0. The number of hydrogen-bond acceptors (Lipinski definition) is 7. The van der Waals surface area contributed by atoms with Gasteiger partial charge in [0.05, 0.1) is 13.2 Å². The fourth-order valence-corrected chi connectivity index (χ4v) is 8.54. The topological polar surface area (TPSA) is 96.0 Å². The van der Waals surface area contributed by atoms with Gasteiger partial charge in [-0.15, -0.1) is 0 Å². The molecular weight excluding hydrogens is 633 g/mol. The van der Waals surface area contributed by atoms with Gasteiger partial charge in [0, 0.05) is 17.6 Å². The maximum Gasteiger partial charge on any atom is 0.534 e. The molecule has 0 unspecified atom stereocenters. The third kappa shape index (κ3) is 10.2. The molecule has 11 heteroatoms.